The van der Waals surface area contributed by atoms with Gasteiger partial charge in [-0.1, -0.05) is 24.6 Å². The van der Waals surface area contributed by atoms with Gasteiger partial charge in [0.2, 0.25) is 5.78 Å². The van der Waals surface area contributed by atoms with Crippen LogP contribution in [0.2, 0.25) is 4.34 Å². The maximum Gasteiger partial charge on any atom is 0.206 e. The van der Waals surface area contributed by atoms with Crippen LogP contribution in [0.3, 0.4) is 0 Å². The highest BCUT2D eigenvalue weighted by Gasteiger charge is 2.15. The Morgan fingerprint density at radius 3 is 2.71 bits per heavy atom. The van der Waals surface area contributed by atoms with Crippen LogP contribution >= 0.6 is 22.9 Å². The molecule has 17 heavy (non-hydrogen) atoms. The predicted molar refractivity (Wildman–Crippen MR) is 70.2 cm³/mol. The van der Waals surface area contributed by atoms with Gasteiger partial charge in [0, 0.05) is 0 Å². The zero-order valence-electron chi connectivity index (χ0n) is 9.24. The number of rotatable bonds is 3. The molecule has 0 fully saturated rings. The Morgan fingerprint density at radius 1 is 1.35 bits per heavy atom. The van der Waals surface area contributed by atoms with Gasteiger partial charge in [0.1, 0.15) is 5.75 Å². The van der Waals surface area contributed by atoms with Crippen molar-refractivity contribution in [2.75, 3.05) is 0 Å². The predicted octanol–water partition coefficient (Wildman–Crippen LogP) is 3.90. The van der Waals surface area contributed by atoms with Crippen LogP contribution in [0.1, 0.15) is 27.7 Å². The summed E-state index contributed by atoms with van der Waals surface area (Å²) in [6, 6.07) is 8.45. The van der Waals surface area contributed by atoms with E-state index in [2.05, 4.69) is 0 Å². The zero-order valence-corrected chi connectivity index (χ0v) is 10.8. The highest BCUT2D eigenvalue weighted by atomic mass is 35.5. The maximum absolute atomic E-state index is 12.1. The Kier molecular flexibility index (Phi) is 3.50. The molecule has 0 bridgehead atoms. The number of hydrogen-bond donors (Lipinski definition) is 1. The fraction of sp³-hybridized carbons (Fsp3) is 0.154. The Hall–Kier alpha value is -1.32. The van der Waals surface area contributed by atoms with Crippen molar-refractivity contribution in [3.63, 3.8) is 0 Å². The summed E-state index contributed by atoms with van der Waals surface area (Å²) in [7, 11) is 0. The Morgan fingerprint density at radius 2 is 2.12 bits per heavy atom. The summed E-state index contributed by atoms with van der Waals surface area (Å²) >= 11 is 7.01. The van der Waals surface area contributed by atoms with Gasteiger partial charge < -0.3 is 5.11 Å². The molecule has 0 atom stereocenters. The smallest absolute Gasteiger partial charge is 0.206 e. The summed E-state index contributed by atoms with van der Waals surface area (Å²) in [4.78, 5) is 12.7. The van der Waals surface area contributed by atoms with Crippen molar-refractivity contribution in [1.29, 1.82) is 0 Å². The molecule has 0 radical (unpaired) electrons. The Balaban J connectivity index is 2.43. The lowest BCUT2D eigenvalue weighted by Gasteiger charge is -2.04. The molecule has 1 aromatic carbocycles. The number of carbonyl (C=O) groups is 1. The van der Waals surface area contributed by atoms with Gasteiger partial charge in [-0.2, -0.15) is 0 Å². The molecule has 0 aliphatic rings. The molecule has 1 N–H and O–H groups in total. The fourth-order valence-electron chi connectivity index (χ4n) is 1.55. The molecule has 0 aliphatic heterocycles. The summed E-state index contributed by atoms with van der Waals surface area (Å²) in [6.07, 6.45) is 0.825. The summed E-state index contributed by atoms with van der Waals surface area (Å²) in [5.41, 5.74) is 1.36. The number of hydrogen-bond acceptors (Lipinski definition) is 3. The minimum atomic E-state index is -0.185. The van der Waals surface area contributed by atoms with Crippen LogP contribution in [0.4, 0.5) is 0 Å². The second-order valence-electron chi connectivity index (χ2n) is 3.64. The van der Waals surface area contributed by atoms with E-state index >= 15 is 0 Å². The van der Waals surface area contributed by atoms with Crippen molar-refractivity contribution < 1.29 is 9.90 Å². The van der Waals surface area contributed by atoms with Crippen molar-refractivity contribution in [3.05, 3.63) is 50.7 Å². The molecule has 88 valence electrons. The van der Waals surface area contributed by atoms with E-state index in [0.29, 0.717) is 14.8 Å². The lowest BCUT2D eigenvalue weighted by molar-refractivity contribution is 0.104. The molecule has 0 amide bonds. The van der Waals surface area contributed by atoms with Gasteiger partial charge in [-0.3, -0.25) is 4.79 Å². The molecule has 2 nitrogen and oxygen atoms in total. The monoisotopic (exact) mass is 266 g/mol. The largest absolute Gasteiger partial charge is 0.507 e. The van der Waals surface area contributed by atoms with E-state index in [1.807, 2.05) is 13.0 Å². The van der Waals surface area contributed by atoms with E-state index in [9.17, 15) is 9.90 Å². The van der Waals surface area contributed by atoms with E-state index in [0.717, 1.165) is 12.0 Å². The number of halogens is 1. The van der Waals surface area contributed by atoms with Crippen molar-refractivity contribution in [3.8, 4) is 5.75 Å². The first-order valence-corrected chi connectivity index (χ1v) is 6.43. The second-order valence-corrected chi connectivity index (χ2v) is 5.35. The van der Waals surface area contributed by atoms with Crippen LogP contribution in [0.25, 0.3) is 0 Å². The number of aryl methyl sites for hydroxylation is 1. The molecule has 0 spiro atoms. The highest BCUT2D eigenvalue weighted by molar-refractivity contribution is 7.18. The molecule has 2 rings (SSSR count). The van der Waals surface area contributed by atoms with Gasteiger partial charge >= 0.3 is 0 Å². The summed E-state index contributed by atoms with van der Waals surface area (Å²) in [6.45, 7) is 2.00. The molecule has 0 aliphatic carbocycles. The number of carbonyl (C=O) groups excluding carboxylic acids is 1. The van der Waals surface area contributed by atoms with Gasteiger partial charge in [0.05, 0.1) is 14.8 Å². The number of ketones is 1. The lowest BCUT2D eigenvalue weighted by Crippen LogP contribution is -2.00. The van der Waals surface area contributed by atoms with Crippen molar-refractivity contribution in [2.24, 2.45) is 0 Å². The third kappa shape index (κ3) is 2.51. The summed E-state index contributed by atoms with van der Waals surface area (Å²) in [5, 5.41) is 9.72. The van der Waals surface area contributed by atoms with Crippen LogP contribution in [0, 0.1) is 0 Å². The summed E-state index contributed by atoms with van der Waals surface area (Å²) < 4.78 is 0.569. The minimum absolute atomic E-state index is 0.0109. The molecule has 1 heterocycles. The highest BCUT2D eigenvalue weighted by Crippen LogP contribution is 2.27. The summed E-state index contributed by atoms with van der Waals surface area (Å²) in [5.74, 6) is -0.175. The van der Waals surface area contributed by atoms with Crippen LogP contribution in [-0.4, -0.2) is 10.9 Å². The standard InChI is InChI=1S/C13H11ClO2S/c1-2-8-3-4-10(15)9(7-8)13(16)11-5-6-12(14)17-11/h3-7,15H,2H2,1H3. The molecule has 0 saturated carbocycles. The van der Waals surface area contributed by atoms with Crippen LogP contribution < -0.4 is 0 Å². The molecular weight excluding hydrogens is 256 g/mol. The van der Waals surface area contributed by atoms with Crippen molar-refractivity contribution >= 4 is 28.7 Å². The second kappa shape index (κ2) is 4.90. The first kappa shape index (κ1) is 12.1. The first-order chi connectivity index (χ1) is 8.11. The van der Waals surface area contributed by atoms with Gasteiger partial charge in [0.15, 0.2) is 0 Å². The van der Waals surface area contributed by atoms with E-state index < -0.39 is 0 Å². The fourth-order valence-corrected chi connectivity index (χ4v) is 2.55. The number of aromatic hydroxyl groups is 1. The SMILES string of the molecule is CCc1ccc(O)c(C(=O)c2ccc(Cl)s2)c1. The molecule has 1 aromatic heterocycles. The van der Waals surface area contributed by atoms with Crippen molar-refractivity contribution in [1.82, 2.24) is 0 Å². The van der Waals surface area contributed by atoms with E-state index in [1.165, 1.54) is 11.3 Å². The molecule has 4 heteroatoms. The normalized spacial score (nSPS) is 10.5. The molecule has 0 saturated heterocycles. The van der Waals surface area contributed by atoms with Gasteiger partial charge in [0.25, 0.3) is 0 Å². The number of benzene rings is 1. The van der Waals surface area contributed by atoms with Crippen LogP contribution in [0.5, 0.6) is 5.75 Å². The number of phenols is 1. The average Bonchev–Trinajstić information content (AvgIpc) is 2.76. The van der Waals surface area contributed by atoms with Gasteiger partial charge in [-0.05, 0) is 36.2 Å². The molecule has 2 aromatic rings. The Bertz CT molecular complexity index is 560. The van der Waals surface area contributed by atoms with E-state index in [4.69, 9.17) is 11.6 Å². The van der Waals surface area contributed by atoms with Crippen LogP contribution in [-0.2, 0) is 6.42 Å². The molecular formula is C13H11ClO2S. The third-order valence-electron chi connectivity index (χ3n) is 2.51. The van der Waals surface area contributed by atoms with E-state index in [1.54, 1.807) is 24.3 Å². The average molecular weight is 267 g/mol. The maximum atomic E-state index is 12.1. The van der Waals surface area contributed by atoms with E-state index in [-0.39, 0.29) is 11.5 Å². The number of phenolic OH excluding ortho intramolecular Hbond substituents is 1. The quantitative estimate of drug-likeness (QED) is 0.856. The first-order valence-electron chi connectivity index (χ1n) is 5.23. The number of thiophene rings is 1. The van der Waals surface area contributed by atoms with Gasteiger partial charge in [-0.25, -0.2) is 0 Å². The zero-order chi connectivity index (χ0) is 12.4. The Labute approximate surface area is 108 Å². The molecule has 0 unspecified atom stereocenters. The van der Waals surface area contributed by atoms with Gasteiger partial charge in [-0.15, -0.1) is 11.3 Å². The third-order valence-corrected chi connectivity index (χ3v) is 3.74. The lowest BCUT2D eigenvalue weighted by atomic mass is 10.0. The van der Waals surface area contributed by atoms with Crippen molar-refractivity contribution in [2.45, 2.75) is 13.3 Å². The minimum Gasteiger partial charge on any atom is -0.507 e. The topological polar surface area (TPSA) is 37.3 Å². The van der Waals surface area contributed by atoms with Crippen LogP contribution in [0.15, 0.2) is 30.3 Å².